The van der Waals surface area contributed by atoms with Crippen LogP contribution in [0.5, 0.6) is 0 Å². The highest BCUT2D eigenvalue weighted by Crippen LogP contribution is 2.23. The van der Waals surface area contributed by atoms with Crippen LogP contribution >= 0.6 is 0 Å². The van der Waals surface area contributed by atoms with Crippen LogP contribution in [-0.2, 0) is 0 Å². The van der Waals surface area contributed by atoms with E-state index in [1.54, 1.807) is 12.5 Å². The van der Waals surface area contributed by atoms with Crippen LogP contribution in [0.2, 0.25) is 0 Å². The topological polar surface area (TPSA) is 43.8 Å². The van der Waals surface area contributed by atoms with Crippen molar-refractivity contribution in [1.29, 1.82) is 0 Å². The number of aryl methyl sites for hydroxylation is 1. The first-order valence-electron chi connectivity index (χ1n) is 4.54. The Morgan fingerprint density at radius 2 is 2.07 bits per heavy atom. The molecule has 0 spiro atoms. The Hall–Kier alpha value is -1.77. The molecule has 1 aromatic heterocycles. The van der Waals surface area contributed by atoms with Crippen LogP contribution in [0.4, 0.5) is 5.69 Å². The van der Waals surface area contributed by atoms with Gasteiger partial charge in [-0.3, -0.25) is 0 Å². The molecule has 2 rings (SSSR count). The first-order valence-corrected chi connectivity index (χ1v) is 4.54. The van der Waals surface area contributed by atoms with Crippen molar-refractivity contribution >= 4 is 5.69 Å². The second-order valence-corrected chi connectivity index (χ2v) is 3.42. The van der Waals surface area contributed by atoms with Crippen molar-refractivity contribution in [1.82, 2.24) is 9.55 Å². The Bertz CT molecular complexity index is 444. The molecule has 2 N–H and O–H groups in total. The Morgan fingerprint density at radius 1 is 1.29 bits per heavy atom. The fourth-order valence-electron chi connectivity index (χ4n) is 1.56. The monoisotopic (exact) mass is 187 g/mol. The van der Waals surface area contributed by atoms with E-state index in [0.717, 1.165) is 11.4 Å². The molecule has 0 aliphatic rings. The summed E-state index contributed by atoms with van der Waals surface area (Å²) >= 11 is 0. The second-order valence-electron chi connectivity index (χ2n) is 3.42. The van der Waals surface area contributed by atoms with E-state index in [1.165, 1.54) is 11.1 Å². The first-order chi connectivity index (χ1) is 6.70. The number of aromatic nitrogens is 2. The quantitative estimate of drug-likeness (QED) is 0.694. The van der Waals surface area contributed by atoms with Gasteiger partial charge in [0.1, 0.15) is 0 Å². The Balaban J connectivity index is 2.69. The van der Waals surface area contributed by atoms with Gasteiger partial charge in [0.05, 0.1) is 17.7 Å². The zero-order valence-corrected chi connectivity index (χ0v) is 8.36. The van der Waals surface area contributed by atoms with Gasteiger partial charge in [-0.05, 0) is 31.0 Å². The summed E-state index contributed by atoms with van der Waals surface area (Å²) in [5, 5.41) is 0. The van der Waals surface area contributed by atoms with Crippen LogP contribution in [0.15, 0.2) is 30.9 Å². The fraction of sp³-hybridized carbons (Fsp3) is 0.182. The number of nitrogens with two attached hydrogens (primary N) is 1. The highest BCUT2D eigenvalue weighted by Gasteiger charge is 2.06. The highest BCUT2D eigenvalue weighted by atomic mass is 15.0. The molecule has 0 aliphatic heterocycles. The van der Waals surface area contributed by atoms with Crippen LogP contribution in [0.25, 0.3) is 5.69 Å². The summed E-state index contributed by atoms with van der Waals surface area (Å²) < 4.78 is 1.94. The van der Waals surface area contributed by atoms with E-state index in [-0.39, 0.29) is 0 Å². The molecule has 0 fully saturated rings. The summed E-state index contributed by atoms with van der Waals surface area (Å²) in [6.45, 7) is 4.15. The third-order valence-electron chi connectivity index (χ3n) is 2.50. The van der Waals surface area contributed by atoms with E-state index in [4.69, 9.17) is 5.73 Å². The molecule has 3 nitrogen and oxygen atoms in total. The molecule has 72 valence electrons. The van der Waals surface area contributed by atoms with Crippen molar-refractivity contribution in [3.8, 4) is 5.69 Å². The third-order valence-corrected chi connectivity index (χ3v) is 2.50. The molecule has 14 heavy (non-hydrogen) atoms. The molecule has 1 heterocycles. The summed E-state index contributed by atoms with van der Waals surface area (Å²) in [7, 11) is 0. The van der Waals surface area contributed by atoms with Crippen molar-refractivity contribution < 1.29 is 0 Å². The highest BCUT2D eigenvalue weighted by molar-refractivity contribution is 5.63. The van der Waals surface area contributed by atoms with Crippen LogP contribution in [-0.4, -0.2) is 9.55 Å². The third kappa shape index (κ3) is 1.27. The predicted molar refractivity (Wildman–Crippen MR) is 57.5 cm³/mol. The predicted octanol–water partition coefficient (Wildman–Crippen LogP) is 2.07. The van der Waals surface area contributed by atoms with Gasteiger partial charge < -0.3 is 10.3 Å². The van der Waals surface area contributed by atoms with Gasteiger partial charge >= 0.3 is 0 Å². The first kappa shape index (κ1) is 8.81. The lowest BCUT2D eigenvalue weighted by atomic mass is 10.1. The van der Waals surface area contributed by atoms with E-state index < -0.39 is 0 Å². The van der Waals surface area contributed by atoms with Gasteiger partial charge in [0.25, 0.3) is 0 Å². The standard InChI is InChI=1S/C11H13N3/c1-8-3-4-10(12)11(9(8)2)14-6-5-13-7-14/h3-7H,12H2,1-2H3. The van der Waals surface area contributed by atoms with Crippen molar-refractivity contribution in [2.75, 3.05) is 5.73 Å². The molecular weight excluding hydrogens is 174 g/mol. The maximum absolute atomic E-state index is 5.93. The summed E-state index contributed by atoms with van der Waals surface area (Å²) in [4.78, 5) is 4.02. The lowest BCUT2D eigenvalue weighted by molar-refractivity contribution is 1.04. The van der Waals surface area contributed by atoms with E-state index in [1.807, 2.05) is 22.9 Å². The molecule has 0 amide bonds. The number of nitrogens with zero attached hydrogens (tertiary/aromatic N) is 2. The van der Waals surface area contributed by atoms with E-state index in [0.29, 0.717) is 0 Å². The number of benzene rings is 1. The van der Waals surface area contributed by atoms with Gasteiger partial charge in [-0.25, -0.2) is 4.98 Å². The van der Waals surface area contributed by atoms with Crippen LogP contribution < -0.4 is 5.73 Å². The summed E-state index contributed by atoms with van der Waals surface area (Å²) in [6.07, 6.45) is 5.41. The Labute approximate surface area is 83.2 Å². The van der Waals surface area contributed by atoms with Crippen molar-refractivity contribution in [2.45, 2.75) is 13.8 Å². The Morgan fingerprint density at radius 3 is 2.71 bits per heavy atom. The maximum atomic E-state index is 5.93. The van der Waals surface area contributed by atoms with Crippen LogP contribution in [0, 0.1) is 13.8 Å². The molecule has 1 aromatic carbocycles. The number of imidazole rings is 1. The van der Waals surface area contributed by atoms with Gasteiger partial charge in [-0.15, -0.1) is 0 Å². The largest absolute Gasteiger partial charge is 0.397 e. The summed E-state index contributed by atoms with van der Waals surface area (Å²) in [5.41, 5.74) is 10.2. The number of rotatable bonds is 1. The van der Waals surface area contributed by atoms with Gasteiger partial charge in [0, 0.05) is 12.4 Å². The van der Waals surface area contributed by atoms with Crippen molar-refractivity contribution in [3.05, 3.63) is 42.0 Å². The second kappa shape index (κ2) is 3.18. The molecular formula is C11H13N3. The number of hydrogen-bond donors (Lipinski definition) is 1. The number of nitrogen functional groups attached to an aromatic ring is 1. The minimum absolute atomic E-state index is 0.783. The van der Waals surface area contributed by atoms with Gasteiger partial charge in [0.15, 0.2) is 0 Å². The van der Waals surface area contributed by atoms with Crippen molar-refractivity contribution in [2.24, 2.45) is 0 Å². The molecule has 0 bridgehead atoms. The zero-order chi connectivity index (χ0) is 10.1. The molecule has 0 aliphatic carbocycles. The smallest absolute Gasteiger partial charge is 0.0992 e. The molecule has 0 unspecified atom stereocenters. The molecule has 0 saturated heterocycles. The molecule has 0 radical (unpaired) electrons. The Kier molecular flexibility index (Phi) is 2.00. The summed E-state index contributed by atoms with van der Waals surface area (Å²) in [5.74, 6) is 0. The van der Waals surface area contributed by atoms with Gasteiger partial charge in [-0.1, -0.05) is 6.07 Å². The van der Waals surface area contributed by atoms with E-state index >= 15 is 0 Å². The van der Waals surface area contributed by atoms with Crippen molar-refractivity contribution in [3.63, 3.8) is 0 Å². The number of anilines is 1. The zero-order valence-electron chi connectivity index (χ0n) is 8.36. The van der Waals surface area contributed by atoms with E-state index in [2.05, 4.69) is 18.8 Å². The minimum Gasteiger partial charge on any atom is -0.397 e. The lowest BCUT2D eigenvalue weighted by Gasteiger charge is -2.12. The molecule has 2 aromatic rings. The lowest BCUT2D eigenvalue weighted by Crippen LogP contribution is -2.01. The SMILES string of the molecule is Cc1ccc(N)c(-n2ccnc2)c1C. The molecule has 0 saturated carbocycles. The van der Waals surface area contributed by atoms with Crippen LogP contribution in [0.1, 0.15) is 11.1 Å². The van der Waals surface area contributed by atoms with E-state index in [9.17, 15) is 0 Å². The normalized spacial score (nSPS) is 10.4. The number of hydrogen-bond acceptors (Lipinski definition) is 2. The maximum Gasteiger partial charge on any atom is 0.0992 e. The average molecular weight is 187 g/mol. The fourth-order valence-corrected chi connectivity index (χ4v) is 1.56. The minimum atomic E-state index is 0.783. The molecule has 3 heteroatoms. The molecule has 0 atom stereocenters. The summed E-state index contributed by atoms with van der Waals surface area (Å²) in [6, 6.07) is 3.96. The van der Waals surface area contributed by atoms with Gasteiger partial charge in [-0.2, -0.15) is 0 Å². The average Bonchev–Trinajstić information content (AvgIpc) is 2.65. The van der Waals surface area contributed by atoms with Gasteiger partial charge in [0.2, 0.25) is 0 Å². The van der Waals surface area contributed by atoms with Crippen LogP contribution in [0.3, 0.4) is 0 Å².